The Balaban J connectivity index is 1.93. The third-order valence-electron chi connectivity index (χ3n) is 2.54. The first-order chi connectivity index (χ1) is 9.78. The predicted octanol–water partition coefficient (Wildman–Crippen LogP) is 3.43. The molecule has 5 heteroatoms. The van der Waals surface area contributed by atoms with Gasteiger partial charge in [0.25, 0.3) is 0 Å². The van der Waals surface area contributed by atoms with Crippen molar-refractivity contribution in [3.8, 4) is 0 Å². The van der Waals surface area contributed by atoms with E-state index < -0.39 is 5.91 Å². The van der Waals surface area contributed by atoms with E-state index in [1.54, 1.807) is 0 Å². The molecule has 0 heterocycles. The largest absolute Gasteiger partial charge is 0.309 e. The summed E-state index contributed by atoms with van der Waals surface area (Å²) in [4.78, 5) is 20.7. The Hall–Kier alpha value is -2.95. The third-order valence-corrected chi connectivity index (χ3v) is 2.54. The zero-order chi connectivity index (χ0) is 14.2. The van der Waals surface area contributed by atoms with Crippen molar-refractivity contribution in [2.24, 2.45) is 5.18 Å². The van der Waals surface area contributed by atoms with E-state index in [2.05, 4.69) is 16.0 Å². The lowest BCUT2D eigenvalue weighted by Crippen LogP contribution is -2.07. The Morgan fingerprint density at radius 1 is 0.900 bits per heavy atom. The standard InChI is InChI=1S/C15H13N3O2/c19-15(18-20)11-8-12-6-9-14(10-7-12)17-16-13-4-2-1-3-5-13/h1-11,16-17H/b11-8+. The molecule has 0 aliphatic rings. The molecule has 20 heavy (non-hydrogen) atoms. The quantitative estimate of drug-likeness (QED) is 0.494. The maximum atomic E-state index is 10.7. The molecule has 1 amide bonds. The second kappa shape index (κ2) is 6.84. The minimum Gasteiger partial charge on any atom is -0.301 e. The van der Waals surface area contributed by atoms with Crippen LogP contribution in [0.5, 0.6) is 0 Å². The number of hydrazine groups is 1. The molecule has 0 spiro atoms. The molecule has 0 atom stereocenters. The van der Waals surface area contributed by atoms with Gasteiger partial charge in [0.2, 0.25) is 0 Å². The van der Waals surface area contributed by atoms with Crippen LogP contribution < -0.4 is 10.9 Å². The van der Waals surface area contributed by atoms with Gasteiger partial charge in [-0.05, 0) is 35.9 Å². The Morgan fingerprint density at radius 3 is 2.10 bits per heavy atom. The van der Waals surface area contributed by atoms with Crippen molar-refractivity contribution >= 4 is 23.4 Å². The minimum absolute atomic E-state index is 0.794. The van der Waals surface area contributed by atoms with Crippen molar-refractivity contribution in [1.29, 1.82) is 0 Å². The molecule has 0 unspecified atom stereocenters. The fourth-order valence-corrected chi connectivity index (χ4v) is 1.54. The van der Waals surface area contributed by atoms with Crippen LogP contribution in [-0.2, 0) is 4.79 Å². The highest BCUT2D eigenvalue weighted by molar-refractivity contribution is 5.92. The topological polar surface area (TPSA) is 70.6 Å². The van der Waals surface area contributed by atoms with E-state index >= 15 is 0 Å². The summed E-state index contributed by atoms with van der Waals surface area (Å²) < 4.78 is 0. The van der Waals surface area contributed by atoms with Crippen LogP contribution in [0, 0.1) is 4.91 Å². The predicted molar refractivity (Wildman–Crippen MR) is 80.0 cm³/mol. The fraction of sp³-hybridized carbons (Fsp3) is 0. The summed E-state index contributed by atoms with van der Waals surface area (Å²) in [6, 6.07) is 17.1. The molecule has 100 valence electrons. The number of carbonyl (C=O) groups excluding carboxylic acids is 1. The normalized spacial score (nSPS) is 10.2. The van der Waals surface area contributed by atoms with Crippen LogP contribution in [0.4, 0.5) is 11.4 Å². The van der Waals surface area contributed by atoms with Gasteiger partial charge in [-0.3, -0.25) is 4.79 Å². The zero-order valence-electron chi connectivity index (χ0n) is 10.6. The van der Waals surface area contributed by atoms with Gasteiger partial charge in [-0.25, -0.2) is 0 Å². The molecule has 0 saturated carbocycles. The molecular formula is C15H13N3O2. The van der Waals surface area contributed by atoms with Crippen LogP contribution in [0.1, 0.15) is 5.56 Å². The zero-order valence-corrected chi connectivity index (χ0v) is 10.6. The van der Waals surface area contributed by atoms with Gasteiger partial charge in [0, 0.05) is 11.3 Å². The SMILES string of the molecule is O=NC(=O)/C=C/c1ccc(NNc2ccccc2)cc1. The number of nitrogens with one attached hydrogen (secondary N) is 2. The summed E-state index contributed by atoms with van der Waals surface area (Å²) in [5.41, 5.74) is 8.77. The van der Waals surface area contributed by atoms with Gasteiger partial charge in [0.05, 0.1) is 11.4 Å². The minimum atomic E-state index is -0.794. The van der Waals surface area contributed by atoms with Gasteiger partial charge >= 0.3 is 5.91 Å². The summed E-state index contributed by atoms with van der Waals surface area (Å²) in [5, 5.41) is 2.29. The summed E-state index contributed by atoms with van der Waals surface area (Å²) in [5.74, 6) is -0.794. The van der Waals surface area contributed by atoms with Crippen molar-refractivity contribution in [3.63, 3.8) is 0 Å². The van der Waals surface area contributed by atoms with E-state index in [4.69, 9.17) is 0 Å². The number of benzene rings is 2. The number of anilines is 2. The van der Waals surface area contributed by atoms with Crippen LogP contribution in [0.3, 0.4) is 0 Å². The molecule has 2 N–H and O–H groups in total. The summed E-state index contributed by atoms with van der Waals surface area (Å²) in [7, 11) is 0. The van der Waals surface area contributed by atoms with Gasteiger partial charge in [0.1, 0.15) is 0 Å². The summed E-state index contributed by atoms with van der Waals surface area (Å²) >= 11 is 0. The molecule has 5 nitrogen and oxygen atoms in total. The van der Waals surface area contributed by atoms with E-state index in [0.717, 1.165) is 23.0 Å². The van der Waals surface area contributed by atoms with E-state index in [1.807, 2.05) is 54.6 Å². The van der Waals surface area contributed by atoms with Crippen LogP contribution in [0.2, 0.25) is 0 Å². The van der Waals surface area contributed by atoms with Gasteiger partial charge in [-0.2, -0.15) is 0 Å². The summed E-state index contributed by atoms with van der Waals surface area (Å²) in [6.07, 6.45) is 2.68. The Labute approximate surface area is 116 Å². The average Bonchev–Trinajstić information content (AvgIpc) is 2.52. The smallest absolute Gasteiger partial charge is 0.301 e. The van der Waals surface area contributed by atoms with Crippen LogP contribution >= 0.6 is 0 Å². The van der Waals surface area contributed by atoms with Gasteiger partial charge in [0.15, 0.2) is 0 Å². The molecule has 0 radical (unpaired) electrons. The second-order valence-corrected chi connectivity index (χ2v) is 4.00. The Morgan fingerprint density at radius 2 is 1.50 bits per heavy atom. The number of hydrogen-bond donors (Lipinski definition) is 2. The molecular weight excluding hydrogens is 254 g/mol. The van der Waals surface area contributed by atoms with Gasteiger partial charge in [-0.1, -0.05) is 30.3 Å². The summed E-state index contributed by atoms with van der Waals surface area (Å²) in [6.45, 7) is 0. The van der Waals surface area contributed by atoms with Gasteiger partial charge in [-0.15, -0.1) is 4.91 Å². The molecule has 0 aliphatic carbocycles. The van der Waals surface area contributed by atoms with E-state index in [9.17, 15) is 9.70 Å². The van der Waals surface area contributed by atoms with E-state index in [0.29, 0.717) is 0 Å². The first-order valence-corrected chi connectivity index (χ1v) is 6.00. The lowest BCUT2D eigenvalue weighted by atomic mass is 10.2. The van der Waals surface area contributed by atoms with E-state index in [1.165, 1.54) is 6.08 Å². The highest BCUT2D eigenvalue weighted by atomic mass is 16.3. The molecule has 2 rings (SSSR count). The Bertz CT molecular complexity index is 607. The third kappa shape index (κ3) is 4.06. The van der Waals surface area contributed by atoms with Crippen molar-refractivity contribution in [3.05, 3.63) is 71.1 Å². The maximum Gasteiger partial charge on any atom is 0.309 e. The molecule has 2 aromatic carbocycles. The Kier molecular flexibility index (Phi) is 4.61. The fourth-order valence-electron chi connectivity index (χ4n) is 1.54. The number of nitrogens with zero attached hydrogens (tertiary/aromatic N) is 1. The number of hydrogen-bond acceptors (Lipinski definition) is 4. The monoisotopic (exact) mass is 267 g/mol. The van der Waals surface area contributed by atoms with Crippen LogP contribution in [-0.4, -0.2) is 5.91 Å². The first-order valence-electron chi connectivity index (χ1n) is 6.00. The van der Waals surface area contributed by atoms with Crippen molar-refractivity contribution < 1.29 is 4.79 Å². The molecule has 0 aromatic heterocycles. The second-order valence-electron chi connectivity index (χ2n) is 4.00. The van der Waals surface area contributed by atoms with Crippen LogP contribution in [0.25, 0.3) is 6.08 Å². The highest BCUT2D eigenvalue weighted by Gasteiger charge is 1.94. The van der Waals surface area contributed by atoms with Crippen molar-refractivity contribution in [2.75, 3.05) is 10.9 Å². The van der Waals surface area contributed by atoms with Crippen molar-refractivity contribution in [1.82, 2.24) is 0 Å². The molecule has 0 bridgehead atoms. The highest BCUT2D eigenvalue weighted by Crippen LogP contribution is 2.12. The average molecular weight is 267 g/mol. The van der Waals surface area contributed by atoms with Gasteiger partial charge < -0.3 is 10.9 Å². The van der Waals surface area contributed by atoms with Crippen LogP contribution in [0.15, 0.2) is 65.9 Å². The number of nitroso groups, excluding NO2 is 1. The first kappa shape index (κ1) is 13.5. The lowest BCUT2D eigenvalue weighted by Gasteiger charge is -2.09. The molecule has 0 saturated heterocycles. The number of rotatable bonds is 5. The molecule has 0 aliphatic heterocycles. The molecule has 2 aromatic rings. The van der Waals surface area contributed by atoms with E-state index in [-0.39, 0.29) is 0 Å². The number of para-hydroxylation sites is 1. The maximum absolute atomic E-state index is 10.7. The number of carbonyl (C=O) groups is 1. The lowest BCUT2D eigenvalue weighted by molar-refractivity contribution is -0.113. The number of amides is 1. The van der Waals surface area contributed by atoms with Crippen molar-refractivity contribution in [2.45, 2.75) is 0 Å². The molecule has 0 fully saturated rings.